The topological polar surface area (TPSA) is 37.4 Å². The molecule has 0 radical (unpaired) electrons. The van der Waals surface area contributed by atoms with E-state index in [4.69, 9.17) is 0 Å². The molecule has 17 heavy (non-hydrogen) atoms. The summed E-state index contributed by atoms with van der Waals surface area (Å²) in [6.07, 6.45) is 0. The second kappa shape index (κ2) is 4.26. The highest BCUT2D eigenvalue weighted by molar-refractivity contribution is 9.09. The van der Waals surface area contributed by atoms with E-state index in [1.807, 2.05) is 32.0 Å². The molecule has 0 aromatic heterocycles. The average Bonchev–Trinajstić information content (AvgIpc) is 2.37. The highest BCUT2D eigenvalue weighted by Gasteiger charge is 2.45. The summed E-state index contributed by atoms with van der Waals surface area (Å²) in [4.78, 5) is 25.8. The summed E-state index contributed by atoms with van der Waals surface area (Å²) in [5.74, 6) is -0.313. The maximum Gasteiger partial charge on any atom is 0.260 e. The highest BCUT2D eigenvalue weighted by atomic mass is 79.9. The Labute approximate surface area is 109 Å². The number of hydrogen-bond donors (Lipinski definition) is 0. The molecule has 3 nitrogen and oxygen atoms in total. The standard InChI is InChI=1S/C13H14BrNO2/c1-3-15-11(16)9-6-4-5-7-10(9)13(2,8-14)12(15)17/h4-7H,3,8H2,1-2H3. The van der Waals surface area contributed by atoms with Crippen molar-refractivity contribution in [3.05, 3.63) is 35.4 Å². The van der Waals surface area contributed by atoms with Crippen molar-refractivity contribution in [2.24, 2.45) is 0 Å². The quantitative estimate of drug-likeness (QED) is 0.620. The fraction of sp³-hybridized carbons (Fsp3) is 0.385. The number of alkyl halides is 1. The molecule has 0 aliphatic carbocycles. The van der Waals surface area contributed by atoms with Crippen LogP contribution in [0.25, 0.3) is 0 Å². The molecule has 1 aliphatic rings. The van der Waals surface area contributed by atoms with Gasteiger partial charge in [-0.1, -0.05) is 34.1 Å². The largest absolute Gasteiger partial charge is 0.278 e. The van der Waals surface area contributed by atoms with Crippen molar-refractivity contribution in [3.63, 3.8) is 0 Å². The molecular formula is C13H14BrNO2. The minimum atomic E-state index is -0.652. The lowest BCUT2D eigenvalue weighted by Crippen LogP contribution is -2.53. The van der Waals surface area contributed by atoms with E-state index in [2.05, 4.69) is 15.9 Å². The second-order valence-electron chi connectivity index (χ2n) is 4.37. The first-order valence-corrected chi connectivity index (χ1v) is 6.70. The Kier molecular flexibility index (Phi) is 3.08. The van der Waals surface area contributed by atoms with Gasteiger partial charge in [0.2, 0.25) is 5.91 Å². The summed E-state index contributed by atoms with van der Waals surface area (Å²) in [5.41, 5.74) is 0.799. The Bertz CT molecular complexity index is 486. The Morgan fingerprint density at radius 1 is 1.29 bits per heavy atom. The van der Waals surface area contributed by atoms with Crippen LogP contribution in [0, 0.1) is 0 Å². The van der Waals surface area contributed by atoms with Crippen molar-refractivity contribution in [1.29, 1.82) is 0 Å². The molecular weight excluding hydrogens is 282 g/mol. The molecule has 1 atom stereocenters. The summed E-state index contributed by atoms with van der Waals surface area (Å²) < 4.78 is 0. The predicted octanol–water partition coefficient (Wildman–Crippen LogP) is 2.34. The van der Waals surface area contributed by atoms with Gasteiger partial charge in [0.1, 0.15) is 0 Å². The lowest BCUT2D eigenvalue weighted by Gasteiger charge is -2.38. The van der Waals surface area contributed by atoms with Gasteiger partial charge in [-0.2, -0.15) is 0 Å². The zero-order valence-electron chi connectivity index (χ0n) is 9.87. The van der Waals surface area contributed by atoms with Crippen molar-refractivity contribution in [2.45, 2.75) is 19.3 Å². The van der Waals surface area contributed by atoms with Crippen LogP contribution in [0.3, 0.4) is 0 Å². The van der Waals surface area contributed by atoms with Gasteiger partial charge in [0.05, 0.1) is 5.41 Å². The predicted molar refractivity (Wildman–Crippen MR) is 69.3 cm³/mol. The molecule has 90 valence electrons. The highest BCUT2D eigenvalue weighted by Crippen LogP contribution is 2.35. The molecule has 1 aromatic carbocycles. The van der Waals surface area contributed by atoms with E-state index < -0.39 is 5.41 Å². The van der Waals surface area contributed by atoms with E-state index in [-0.39, 0.29) is 11.8 Å². The molecule has 2 amide bonds. The van der Waals surface area contributed by atoms with E-state index in [0.717, 1.165) is 5.56 Å². The first-order valence-electron chi connectivity index (χ1n) is 5.58. The zero-order chi connectivity index (χ0) is 12.6. The summed E-state index contributed by atoms with van der Waals surface area (Å²) in [6.45, 7) is 4.10. The first-order chi connectivity index (χ1) is 8.06. The molecule has 1 heterocycles. The van der Waals surface area contributed by atoms with Crippen LogP contribution in [0.4, 0.5) is 0 Å². The second-order valence-corrected chi connectivity index (χ2v) is 4.93. The van der Waals surface area contributed by atoms with Crippen molar-refractivity contribution in [1.82, 2.24) is 4.90 Å². The maximum absolute atomic E-state index is 12.4. The number of rotatable bonds is 2. The minimum absolute atomic E-state index is 0.124. The Morgan fingerprint density at radius 3 is 2.53 bits per heavy atom. The molecule has 4 heteroatoms. The Balaban J connectivity index is 2.68. The van der Waals surface area contributed by atoms with Gasteiger partial charge in [-0.05, 0) is 25.5 Å². The third kappa shape index (κ3) is 1.62. The fourth-order valence-corrected chi connectivity index (χ4v) is 2.76. The fourth-order valence-electron chi connectivity index (χ4n) is 2.22. The molecule has 1 aliphatic heterocycles. The van der Waals surface area contributed by atoms with Crippen molar-refractivity contribution in [3.8, 4) is 0 Å². The normalized spacial score (nSPS) is 23.8. The summed E-state index contributed by atoms with van der Waals surface area (Å²) in [5, 5.41) is 0.514. The number of amides is 2. The number of imide groups is 1. The van der Waals surface area contributed by atoms with Gasteiger partial charge in [-0.3, -0.25) is 14.5 Å². The van der Waals surface area contributed by atoms with E-state index in [1.165, 1.54) is 4.90 Å². The number of halogens is 1. The first kappa shape index (κ1) is 12.3. The van der Waals surface area contributed by atoms with Gasteiger partial charge in [-0.25, -0.2) is 0 Å². The molecule has 1 unspecified atom stereocenters. The number of benzene rings is 1. The number of carbonyl (C=O) groups is 2. The molecule has 0 spiro atoms. The number of carbonyl (C=O) groups excluding carboxylic acids is 2. The van der Waals surface area contributed by atoms with E-state index in [9.17, 15) is 9.59 Å². The van der Waals surface area contributed by atoms with Crippen molar-refractivity contribution < 1.29 is 9.59 Å². The monoisotopic (exact) mass is 295 g/mol. The van der Waals surface area contributed by atoms with E-state index in [0.29, 0.717) is 17.4 Å². The van der Waals surface area contributed by atoms with Crippen LogP contribution < -0.4 is 0 Å². The van der Waals surface area contributed by atoms with Gasteiger partial charge in [-0.15, -0.1) is 0 Å². The molecule has 0 saturated carbocycles. The van der Waals surface area contributed by atoms with Gasteiger partial charge in [0.25, 0.3) is 5.91 Å². The summed E-state index contributed by atoms with van der Waals surface area (Å²) in [6, 6.07) is 7.34. The van der Waals surface area contributed by atoms with Crippen LogP contribution >= 0.6 is 15.9 Å². The third-order valence-corrected chi connectivity index (χ3v) is 4.42. The molecule has 2 rings (SSSR count). The maximum atomic E-state index is 12.4. The van der Waals surface area contributed by atoms with Crippen LogP contribution in [0.15, 0.2) is 24.3 Å². The lowest BCUT2D eigenvalue weighted by atomic mass is 9.77. The van der Waals surface area contributed by atoms with Gasteiger partial charge in [0, 0.05) is 17.4 Å². The van der Waals surface area contributed by atoms with Crippen LogP contribution in [-0.2, 0) is 10.2 Å². The molecule has 0 fully saturated rings. The summed E-state index contributed by atoms with van der Waals surface area (Å²) in [7, 11) is 0. The smallest absolute Gasteiger partial charge is 0.260 e. The SMILES string of the molecule is CCN1C(=O)c2ccccc2C(C)(CBr)C1=O. The number of fused-ring (bicyclic) bond motifs is 1. The summed E-state index contributed by atoms with van der Waals surface area (Å²) >= 11 is 3.40. The van der Waals surface area contributed by atoms with Gasteiger partial charge >= 0.3 is 0 Å². The Hall–Kier alpha value is -1.16. The number of likely N-dealkylation sites (N-methyl/N-ethyl adjacent to an activating group) is 1. The van der Waals surface area contributed by atoms with Crippen LogP contribution in [0.5, 0.6) is 0 Å². The number of hydrogen-bond acceptors (Lipinski definition) is 2. The van der Waals surface area contributed by atoms with Crippen molar-refractivity contribution >= 4 is 27.7 Å². The zero-order valence-corrected chi connectivity index (χ0v) is 11.5. The molecule has 0 N–H and O–H groups in total. The van der Waals surface area contributed by atoms with Crippen LogP contribution in [0.2, 0.25) is 0 Å². The number of nitrogens with zero attached hydrogens (tertiary/aromatic N) is 1. The van der Waals surface area contributed by atoms with Gasteiger partial charge < -0.3 is 0 Å². The molecule has 0 saturated heterocycles. The average molecular weight is 296 g/mol. The minimum Gasteiger partial charge on any atom is -0.278 e. The Morgan fingerprint density at radius 2 is 1.94 bits per heavy atom. The third-order valence-electron chi connectivity index (χ3n) is 3.30. The van der Waals surface area contributed by atoms with Crippen molar-refractivity contribution in [2.75, 3.05) is 11.9 Å². The van der Waals surface area contributed by atoms with Crippen LogP contribution in [0.1, 0.15) is 29.8 Å². The van der Waals surface area contributed by atoms with Gasteiger partial charge in [0.15, 0.2) is 0 Å². The van der Waals surface area contributed by atoms with Crippen LogP contribution in [-0.4, -0.2) is 28.6 Å². The molecule has 0 bridgehead atoms. The molecule has 1 aromatic rings. The van der Waals surface area contributed by atoms with E-state index in [1.54, 1.807) is 6.07 Å². The lowest BCUT2D eigenvalue weighted by molar-refractivity contribution is -0.133. The van der Waals surface area contributed by atoms with E-state index >= 15 is 0 Å².